The Morgan fingerprint density at radius 1 is 1.42 bits per heavy atom. The minimum atomic E-state index is -0.673. The van der Waals surface area contributed by atoms with E-state index in [1.165, 1.54) is 0 Å². The van der Waals surface area contributed by atoms with E-state index < -0.39 is 5.60 Å². The highest BCUT2D eigenvalue weighted by molar-refractivity contribution is 7.99. The van der Waals surface area contributed by atoms with Crippen molar-refractivity contribution in [2.45, 2.75) is 18.9 Å². The van der Waals surface area contributed by atoms with Gasteiger partial charge in [0.15, 0.2) is 11.8 Å². The van der Waals surface area contributed by atoms with E-state index in [1.54, 1.807) is 35.8 Å². The Bertz CT molecular complexity index is 693. The molecule has 0 aromatic carbocycles. The molecule has 2 aliphatic rings. The van der Waals surface area contributed by atoms with Crippen LogP contribution in [0.3, 0.4) is 0 Å². The van der Waals surface area contributed by atoms with Gasteiger partial charge in [-0.3, -0.25) is 9.79 Å². The second-order valence-corrected chi connectivity index (χ2v) is 7.94. The lowest BCUT2D eigenvalue weighted by atomic mass is 10.0. The molecule has 1 atom stereocenters. The van der Waals surface area contributed by atoms with E-state index in [1.807, 2.05) is 11.8 Å². The first-order valence-electron chi connectivity index (χ1n) is 9.12. The van der Waals surface area contributed by atoms with Gasteiger partial charge in [-0.1, -0.05) is 0 Å². The average molecular weight is 381 g/mol. The molecule has 0 saturated carbocycles. The lowest BCUT2D eigenvalue weighted by Crippen LogP contribution is -2.54. The van der Waals surface area contributed by atoms with Gasteiger partial charge in [-0.25, -0.2) is 4.98 Å². The Kier molecular flexibility index (Phi) is 6.08. The number of guanidine groups is 1. The number of rotatable bonds is 4. The molecule has 1 aromatic rings. The summed E-state index contributed by atoms with van der Waals surface area (Å²) in [5, 5.41) is 13.9. The Labute approximate surface area is 158 Å². The summed E-state index contributed by atoms with van der Waals surface area (Å²) in [6, 6.07) is 0. The fraction of sp³-hybridized carbons (Fsp3) is 0.706. The largest absolute Gasteiger partial charge is 0.387 e. The van der Waals surface area contributed by atoms with Crippen LogP contribution in [0.15, 0.2) is 22.2 Å². The van der Waals surface area contributed by atoms with Crippen LogP contribution in [0.5, 0.6) is 0 Å². The molecule has 0 bridgehead atoms. The molecule has 2 saturated heterocycles. The van der Waals surface area contributed by atoms with Crippen LogP contribution < -0.4 is 15.8 Å². The molecule has 1 aromatic heterocycles. The van der Waals surface area contributed by atoms with E-state index in [2.05, 4.69) is 20.2 Å². The van der Waals surface area contributed by atoms with Crippen molar-refractivity contribution in [1.29, 1.82) is 0 Å². The number of aromatic nitrogens is 2. The van der Waals surface area contributed by atoms with Crippen molar-refractivity contribution in [3.05, 3.63) is 22.7 Å². The Morgan fingerprint density at radius 2 is 2.19 bits per heavy atom. The molecule has 144 valence electrons. The minimum Gasteiger partial charge on any atom is -0.387 e. The summed E-state index contributed by atoms with van der Waals surface area (Å²) in [5.41, 5.74) is -0.740. The van der Waals surface area contributed by atoms with Gasteiger partial charge < -0.3 is 24.8 Å². The van der Waals surface area contributed by atoms with Crippen molar-refractivity contribution in [1.82, 2.24) is 19.8 Å². The van der Waals surface area contributed by atoms with Crippen molar-refractivity contribution in [2.24, 2.45) is 12.0 Å². The predicted octanol–water partition coefficient (Wildman–Crippen LogP) is -0.264. The van der Waals surface area contributed by atoms with E-state index in [0.29, 0.717) is 12.4 Å². The lowest BCUT2D eigenvalue weighted by Gasteiger charge is -2.37. The first-order valence-corrected chi connectivity index (χ1v) is 10.3. The van der Waals surface area contributed by atoms with Gasteiger partial charge in [-0.05, 0) is 19.1 Å². The third kappa shape index (κ3) is 4.32. The SMILES string of the molecule is CCNC(=NCC1(O)CCSC1)N1CCN(c2nccn(C)c2=O)CC1. The topological polar surface area (TPSA) is 86.0 Å². The predicted molar refractivity (Wildman–Crippen MR) is 106 cm³/mol. The van der Waals surface area contributed by atoms with E-state index >= 15 is 0 Å². The van der Waals surface area contributed by atoms with E-state index in [0.717, 1.165) is 56.6 Å². The van der Waals surface area contributed by atoms with Gasteiger partial charge in [0.1, 0.15) is 0 Å². The molecule has 3 heterocycles. The summed E-state index contributed by atoms with van der Waals surface area (Å²) in [6.45, 7) is 6.23. The second kappa shape index (κ2) is 8.30. The number of nitrogens with one attached hydrogen (secondary N) is 1. The van der Waals surface area contributed by atoms with Gasteiger partial charge in [-0.15, -0.1) is 0 Å². The van der Waals surface area contributed by atoms with Crippen molar-refractivity contribution >= 4 is 23.5 Å². The highest BCUT2D eigenvalue weighted by Gasteiger charge is 2.32. The number of thioether (sulfide) groups is 1. The van der Waals surface area contributed by atoms with Gasteiger partial charge in [0.25, 0.3) is 5.56 Å². The molecule has 0 radical (unpaired) electrons. The summed E-state index contributed by atoms with van der Waals surface area (Å²) in [6.07, 6.45) is 4.14. The van der Waals surface area contributed by atoms with Crippen LogP contribution in [0.1, 0.15) is 13.3 Å². The van der Waals surface area contributed by atoms with E-state index in [9.17, 15) is 9.90 Å². The molecule has 0 spiro atoms. The first-order chi connectivity index (χ1) is 12.5. The third-order valence-electron chi connectivity index (χ3n) is 4.82. The van der Waals surface area contributed by atoms with Crippen LogP contribution in [-0.4, -0.2) is 81.9 Å². The fourth-order valence-electron chi connectivity index (χ4n) is 3.20. The number of aliphatic imine (C=N–C) groups is 1. The number of hydrogen-bond donors (Lipinski definition) is 2. The lowest BCUT2D eigenvalue weighted by molar-refractivity contribution is 0.0775. The maximum absolute atomic E-state index is 12.3. The normalized spacial score (nSPS) is 24.2. The number of aryl methyl sites for hydroxylation is 1. The molecule has 2 fully saturated rings. The van der Waals surface area contributed by atoms with Crippen molar-refractivity contribution in [3.8, 4) is 0 Å². The quantitative estimate of drug-likeness (QED) is 0.550. The zero-order chi connectivity index (χ0) is 18.6. The van der Waals surface area contributed by atoms with Gasteiger partial charge in [0.2, 0.25) is 0 Å². The highest BCUT2D eigenvalue weighted by Crippen LogP contribution is 2.28. The average Bonchev–Trinajstić information content (AvgIpc) is 3.08. The molecule has 26 heavy (non-hydrogen) atoms. The van der Waals surface area contributed by atoms with Crippen LogP contribution >= 0.6 is 11.8 Å². The van der Waals surface area contributed by atoms with Gasteiger partial charge in [0.05, 0.1) is 12.1 Å². The molecule has 3 rings (SSSR count). The molecular weight excluding hydrogens is 352 g/mol. The number of hydrogen-bond acceptors (Lipinski definition) is 6. The van der Waals surface area contributed by atoms with Crippen LogP contribution in [-0.2, 0) is 7.05 Å². The first kappa shape index (κ1) is 19.0. The summed E-state index contributed by atoms with van der Waals surface area (Å²) < 4.78 is 1.56. The fourth-order valence-corrected chi connectivity index (χ4v) is 4.48. The van der Waals surface area contributed by atoms with Gasteiger partial charge in [0, 0.05) is 57.9 Å². The van der Waals surface area contributed by atoms with Crippen molar-refractivity contribution in [2.75, 3.05) is 55.7 Å². The van der Waals surface area contributed by atoms with Gasteiger partial charge >= 0.3 is 0 Å². The van der Waals surface area contributed by atoms with Crippen molar-refractivity contribution in [3.63, 3.8) is 0 Å². The van der Waals surface area contributed by atoms with E-state index in [-0.39, 0.29) is 5.56 Å². The van der Waals surface area contributed by atoms with Crippen LogP contribution in [0.2, 0.25) is 0 Å². The van der Waals surface area contributed by atoms with Crippen LogP contribution in [0.25, 0.3) is 0 Å². The molecule has 8 nitrogen and oxygen atoms in total. The van der Waals surface area contributed by atoms with Crippen molar-refractivity contribution < 1.29 is 5.11 Å². The monoisotopic (exact) mass is 380 g/mol. The molecule has 0 amide bonds. The Morgan fingerprint density at radius 3 is 2.85 bits per heavy atom. The summed E-state index contributed by atoms with van der Waals surface area (Å²) >= 11 is 1.78. The highest BCUT2D eigenvalue weighted by atomic mass is 32.2. The summed E-state index contributed by atoms with van der Waals surface area (Å²) in [5.74, 6) is 3.10. The summed E-state index contributed by atoms with van der Waals surface area (Å²) in [4.78, 5) is 25.4. The second-order valence-electron chi connectivity index (χ2n) is 6.84. The number of aliphatic hydroxyl groups is 1. The molecule has 1 unspecified atom stereocenters. The van der Waals surface area contributed by atoms with Gasteiger partial charge in [-0.2, -0.15) is 11.8 Å². The minimum absolute atomic E-state index is 0.0671. The summed E-state index contributed by atoms with van der Waals surface area (Å²) in [7, 11) is 1.74. The molecule has 2 aliphatic heterocycles. The standard InChI is InChI=1S/C17H28N6O2S/c1-3-18-16(20-12-17(25)4-11-26-13-17)23-9-7-22(8-10-23)14-15(24)21(2)6-5-19-14/h5-6,25H,3-4,7-13H2,1-2H3,(H,18,20). The smallest absolute Gasteiger partial charge is 0.293 e. The van der Waals surface area contributed by atoms with E-state index in [4.69, 9.17) is 0 Å². The maximum Gasteiger partial charge on any atom is 0.293 e. The molecule has 2 N–H and O–H groups in total. The maximum atomic E-state index is 12.3. The zero-order valence-corrected chi connectivity index (χ0v) is 16.3. The number of anilines is 1. The molecule has 9 heteroatoms. The number of piperazine rings is 1. The third-order valence-corrected chi connectivity index (χ3v) is 6.05. The Balaban J connectivity index is 1.64. The van der Waals surface area contributed by atoms with Crippen LogP contribution in [0.4, 0.5) is 5.82 Å². The Hall–Kier alpha value is -1.74. The number of nitrogens with zero attached hydrogens (tertiary/aromatic N) is 5. The zero-order valence-electron chi connectivity index (χ0n) is 15.5. The van der Waals surface area contributed by atoms with Crippen LogP contribution in [0, 0.1) is 0 Å². The molecule has 0 aliphatic carbocycles. The molecular formula is C17H28N6O2S.